The second-order valence-corrected chi connectivity index (χ2v) is 6.82. The van der Waals surface area contributed by atoms with E-state index in [4.69, 9.17) is 10.3 Å². The van der Waals surface area contributed by atoms with E-state index in [1.165, 1.54) is 64.2 Å². The molecule has 2 saturated carbocycles. The van der Waals surface area contributed by atoms with Gasteiger partial charge in [-0.3, -0.25) is 0 Å². The normalized spacial score (nSPS) is 23.9. The zero-order valence-electron chi connectivity index (χ0n) is 12.4. The molecule has 112 valence electrons. The van der Waals surface area contributed by atoms with Crippen LogP contribution in [0.15, 0.2) is 4.52 Å². The van der Waals surface area contributed by atoms with Crippen molar-refractivity contribution in [2.24, 2.45) is 11.1 Å². The summed E-state index contributed by atoms with van der Waals surface area (Å²) in [5, 5.41) is 4.26. The van der Waals surface area contributed by atoms with Gasteiger partial charge in [-0.1, -0.05) is 43.7 Å². The first-order valence-corrected chi connectivity index (χ1v) is 8.34. The lowest BCUT2D eigenvalue weighted by atomic mass is 9.67. The third-order valence-corrected chi connectivity index (χ3v) is 5.33. The maximum atomic E-state index is 5.91. The van der Waals surface area contributed by atoms with Crippen molar-refractivity contribution in [3.63, 3.8) is 0 Å². The summed E-state index contributed by atoms with van der Waals surface area (Å²) in [7, 11) is 0. The van der Waals surface area contributed by atoms with Gasteiger partial charge in [0.1, 0.15) is 0 Å². The van der Waals surface area contributed by atoms with E-state index < -0.39 is 0 Å². The van der Waals surface area contributed by atoms with Crippen LogP contribution >= 0.6 is 0 Å². The molecule has 0 spiro atoms. The Bertz CT molecular complexity index is 412. The Kier molecular flexibility index (Phi) is 4.39. The molecule has 4 nitrogen and oxygen atoms in total. The molecule has 3 rings (SSSR count). The lowest BCUT2D eigenvalue weighted by molar-refractivity contribution is 0.129. The highest BCUT2D eigenvalue weighted by Crippen LogP contribution is 2.42. The van der Waals surface area contributed by atoms with E-state index in [9.17, 15) is 0 Å². The van der Waals surface area contributed by atoms with Crippen molar-refractivity contribution >= 4 is 0 Å². The van der Waals surface area contributed by atoms with Crippen LogP contribution in [-0.4, -0.2) is 16.7 Å². The third kappa shape index (κ3) is 3.05. The quantitative estimate of drug-likeness (QED) is 0.913. The highest BCUT2D eigenvalue weighted by Gasteiger charge is 2.37. The van der Waals surface area contributed by atoms with Gasteiger partial charge in [-0.2, -0.15) is 4.98 Å². The standard InChI is InChI=1S/C16H27N3O/c17-12-16(9-6-10-16)11-14-18-15(19-20-14)13-7-4-2-1-3-5-8-13/h13H,1-12,17H2. The fraction of sp³-hybridized carbons (Fsp3) is 0.875. The molecule has 0 aliphatic heterocycles. The summed E-state index contributed by atoms with van der Waals surface area (Å²) in [5.74, 6) is 2.28. The predicted octanol–water partition coefficient (Wildman–Crippen LogP) is 3.57. The second kappa shape index (κ2) is 6.25. The molecule has 0 amide bonds. The van der Waals surface area contributed by atoms with Gasteiger partial charge in [-0.25, -0.2) is 0 Å². The van der Waals surface area contributed by atoms with Crippen molar-refractivity contribution < 1.29 is 4.52 Å². The molecular formula is C16H27N3O. The highest BCUT2D eigenvalue weighted by molar-refractivity contribution is 5.01. The SMILES string of the molecule is NCC1(Cc2nc(C3CCCCCCC3)no2)CCC1. The van der Waals surface area contributed by atoms with Crippen LogP contribution in [0.5, 0.6) is 0 Å². The minimum atomic E-state index is 0.255. The molecule has 2 fully saturated rings. The molecule has 1 aromatic rings. The fourth-order valence-corrected chi connectivity index (χ4v) is 3.67. The van der Waals surface area contributed by atoms with Gasteiger partial charge in [0.25, 0.3) is 0 Å². The Labute approximate surface area is 121 Å². The average Bonchev–Trinajstić information content (AvgIpc) is 2.82. The summed E-state index contributed by atoms with van der Waals surface area (Å²) in [5.41, 5.74) is 6.17. The van der Waals surface area contributed by atoms with E-state index in [0.717, 1.165) is 24.7 Å². The van der Waals surface area contributed by atoms with Gasteiger partial charge in [0.05, 0.1) is 0 Å². The summed E-state index contributed by atoms with van der Waals surface area (Å²) in [6.07, 6.45) is 13.8. The van der Waals surface area contributed by atoms with Crippen molar-refractivity contribution in [1.82, 2.24) is 10.1 Å². The van der Waals surface area contributed by atoms with Crippen molar-refractivity contribution in [2.75, 3.05) is 6.54 Å². The summed E-state index contributed by atoms with van der Waals surface area (Å²) >= 11 is 0. The summed E-state index contributed by atoms with van der Waals surface area (Å²) in [6, 6.07) is 0. The van der Waals surface area contributed by atoms with Gasteiger partial charge in [-0.15, -0.1) is 0 Å². The van der Waals surface area contributed by atoms with Crippen LogP contribution in [-0.2, 0) is 6.42 Å². The Morgan fingerprint density at radius 2 is 1.75 bits per heavy atom. The number of rotatable bonds is 4. The molecule has 0 saturated heterocycles. The highest BCUT2D eigenvalue weighted by atomic mass is 16.5. The number of aromatic nitrogens is 2. The zero-order valence-corrected chi connectivity index (χ0v) is 12.4. The first-order valence-electron chi connectivity index (χ1n) is 8.34. The topological polar surface area (TPSA) is 64.9 Å². The molecule has 4 heteroatoms. The van der Waals surface area contributed by atoms with Crippen LogP contribution in [0.1, 0.15) is 81.8 Å². The van der Waals surface area contributed by atoms with Gasteiger partial charge in [-0.05, 0) is 37.6 Å². The molecule has 0 aromatic carbocycles. The van der Waals surface area contributed by atoms with Gasteiger partial charge in [0.2, 0.25) is 5.89 Å². The molecule has 2 aliphatic rings. The van der Waals surface area contributed by atoms with Crippen LogP contribution in [0.2, 0.25) is 0 Å². The minimum Gasteiger partial charge on any atom is -0.339 e. The molecule has 1 aromatic heterocycles. The Morgan fingerprint density at radius 3 is 2.35 bits per heavy atom. The van der Waals surface area contributed by atoms with Crippen LogP contribution in [0.4, 0.5) is 0 Å². The van der Waals surface area contributed by atoms with Crippen molar-refractivity contribution in [3.05, 3.63) is 11.7 Å². The molecule has 0 bridgehead atoms. The van der Waals surface area contributed by atoms with Crippen LogP contribution < -0.4 is 5.73 Å². The van der Waals surface area contributed by atoms with Gasteiger partial charge in [0, 0.05) is 12.3 Å². The lowest BCUT2D eigenvalue weighted by Gasteiger charge is -2.39. The van der Waals surface area contributed by atoms with E-state index in [0.29, 0.717) is 5.92 Å². The lowest BCUT2D eigenvalue weighted by Crippen LogP contribution is -2.39. The van der Waals surface area contributed by atoms with E-state index in [2.05, 4.69) is 10.1 Å². The predicted molar refractivity (Wildman–Crippen MR) is 78.4 cm³/mol. The molecule has 1 heterocycles. The Hall–Kier alpha value is -0.900. The van der Waals surface area contributed by atoms with E-state index in [1.54, 1.807) is 0 Å². The zero-order chi connectivity index (χ0) is 13.8. The van der Waals surface area contributed by atoms with E-state index >= 15 is 0 Å². The first kappa shape index (κ1) is 14.1. The fourth-order valence-electron chi connectivity index (χ4n) is 3.67. The summed E-state index contributed by atoms with van der Waals surface area (Å²) in [6.45, 7) is 0.744. The van der Waals surface area contributed by atoms with Crippen molar-refractivity contribution in [3.8, 4) is 0 Å². The van der Waals surface area contributed by atoms with Gasteiger partial charge < -0.3 is 10.3 Å². The molecule has 0 radical (unpaired) electrons. The molecular weight excluding hydrogens is 250 g/mol. The van der Waals surface area contributed by atoms with Crippen LogP contribution in [0, 0.1) is 5.41 Å². The first-order chi connectivity index (χ1) is 9.81. The number of nitrogens with zero attached hydrogens (tertiary/aromatic N) is 2. The third-order valence-electron chi connectivity index (χ3n) is 5.33. The van der Waals surface area contributed by atoms with Gasteiger partial charge in [0.15, 0.2) is 5.82 Å². The number of hydrogen-bond donors (Lipinski definition) is 1. The van der Waals surface area contributed by atoms with Crippen LogP contribution in [0.25, 0.3) is 0 Å². The molecule has 2 N–H and O–H groups in total. The maximum Gasteiger partial charge on any atom is 0.227 e. The van der Waals surface area contributed by atoms with Crippen molar-refractivity contribution in [1.29, 1.82) is 0 Å². The summed E-state index contributed by atoms with van der Waals surface area (Å²) < 4.78 is 5.51. The molecule has 0 unspecified atom stereocenters. The Morgan fingerprint density at radius 1 is 1.05 bits per heavy atom. The number of hydrogen-bond acceptors (Lipinski definition) is 4. The van der Waals surface area contributed by atoms with Crippen LogP contribution in [0.3, 0.4) is 0 Å². The summed E-state index contributed by atoms with van der Waals surface area (Å²) in [4.78, 5) is 4.69. The smallest absolute Gasteiger partial charge is 0.227 e. The molecule has 0 atom stereocenters. The van der Waals surface area contributed by atoms with Crippen molar-refractivity contribution in [2.45, 2.75) is 76.5 Å². The average molecular weight is 277 g/mol. The molecule has 20 heavy (non-hydrogen) atoms. The van der Waals surface area contributed by atoms with Gasteiger partial charge >= 0.3 is 0 Å². The Balaban J connectivity index is 1.63. The second-order valence-electron chi connectivity index (χ2n) is 6.82. The number of nitrogens with two attached hydrogens (primary N) is 1. The minimum absolute atomic E-state index is 0.255. The monoisotopic (exact) mass is 277 g/mol. The van der Waals surface area contributed by atoms with E-state index in [-0.39, 0.29) is 5.41 Å². The van der Waals surface area contributed by atoms with E-state index in [1.807, 2.05) is 0 Å². The largest absolute Gasteiger partial charge is 0.339 e. The maximum absolute atomic E-state index is 5.91. The molecule has 2 aliphatic carbocycles.